The number of anilines is 2. The molecule has 0 aliphatic heterocycles. The van der Waals surface area contributed by atoms with Gasteiger partial charge >= 0.3 is 6.03 Å². The summed E-state index contributed by atoms with van der Waals surface area (Å²) in [6.07, 6.45) is 3.74. The van der Waals surface area contributed by atoms with Crippen molar-refractivity contribution in [2.75, 3.05) is 10.6 Å². The van der Waals surface area contributed by atoms with Crippen molar-refractivity contribution in [3.63, 3.8) is 0 Å². The third-order valence-electron chi connectivity index (χ3n) is 4.22. The van der Waals surface area contributed by atoms with Gasteiger partial charge in [0.15, 0.2) is 0 Å². The van der Waals surface area contributed by atoms with E-state index in [0.717, 1.165) is 34.8 Å². The number of hydrogen-bond donors (Lipinski definition) is 2. The zero-order valence-corrected chi connectivity index (χ0v) is 17.4. The maximum atomic E-state index is 12.3. The number of pyridine rings is 1. The lowest BCUT2D eigenvalue weighted by Crippen LogP contribution is -2.19. The van der Waals surface area contributed by atoms with E-state index < -0.39 is 0 Å². The molecule has 1 aromatic carbocycles. The lowest BCUT2D eigenvalue weighted by Gasteiger charge is -2.19. The van der Waals surface area contributed by atoms with E-state index >= 15 is 0 Å². The Morgan fingerprint density at radius 3 is 2.50 bits per heavy atom. The van der Waals surface area contributed by atoms with Gasteiger partial charge in [0.05, 0.1) is 0 Å². The third-order valence-corrected chi connectivity index (χ3v) is 5.11. The van der Waals surface area contributed by atoms with Gasteiger partial charge in [-0.15, -0.1) is 10.2 Å². The van der Waals surface area contributed by atoms with E-state index in [2.05, 4.69) is 53.5 Å². The molecule has 7 heteroatoms. The molecule has 2 amide bonds. The maximum Gasteiger partial charge on any atom is 0.325 e. The largest absolute Gasteiger partial charge is 0.325 e. The Morgan fingerprint density at radius 2 is 1.82 bits per heavy atom. The number of nitrogens with one attached hydrogen (secondary N) is 2. The van der Waals surface area contributed by atoms with E-state index in [9.17, 15) is 4.79 Å². The minimum absolute atomic E-state index is 0.0771. The molecule has 0 unspecified atom stereocenters. The number of nitrogens with zero attached hydrogens (tertiary/aromatic N) is 3. The van der Waals surface area contributed by atoms with Crippen LogP contribution in [0.1, 0.15) is 45.4 Å². The van der Waals surface area contributed by atoms with Crippen LogP contribution in [0, 0.1) is 0 Å². The van der Waals surface area contributed by atoms with Crippen molar-refractivity contribution < 1.29 is 4.79 Å². The molecule has 0 saturated carbocycles. The van der Waals surface area contributed by atoms with Crippen molar-refractivity contribution in [2.45, 2.75) is 46.0 Å². The Morgan fingerprint density at radius 1 is 1.07 bits per heavy atom. The van der Waals surface area contributed by atoms with Crippen LogP contribution in [-0.4, -0.2) is 21.2 Å². The summed E-state index contributed by atoms with van der Waals surface area (Å²) in [6, 6.07) is 11.4. The maximum absolute atomic E-state index is 12.3. The van der Waals surface area contributed by atoms with Crippen LogP contribution in [0.25, 0.3) is 10.6 Å². The molecule has 0 saturated heterocycles. The Hall–Kier alpha value is -2.80. The zero-order chi connectivity index (χ0) is 20.1. The van der Waals surface area contributed by atoms with Crippen LogP contribution in [0.2, 0.25) is 0 Å². The molecule has 0 fully saturated rings. The van der Waals surface area contributed by atoms with Gasteiger partial charge in [0, 0.05) is 23.1 Å². The van der Waals surface area contributed by atoms with Gasteiger partial charge in [-0.1, -0.05) is 57.6 Å². The number of amides is 2. The molecule has 28 heavy (non-hydrogen) atoms. The molecule has 2 heterocycles. The summed E-state index contributed by atoms with van der Waals surface area (Å²) < 4.78 is 0. The van der Waals surface area contributed by atoms with E-state index in [1.165, 1.54) is 16.9 Å². The Bertz CT molecular complexity index is 944. The molecule has 2 aromatic heterocycles. The van der Waals surface area contributed by atoms with Crippen molar-refractivity contribution in [1.82, 2.24) is 15.2 Å². The Kier molecular flexibility index (Phi) is 6.04. The second-order valence-corrected chi connectivity index (χ2v) is 8.58. The zero-order valence-electron chi connectivity index (χ0n) is 16.6. The lowest BCUT2D eigenvalue weighted by molar-refractivity contribution is 0.262. The summed E-state index contributed by atoms with van der Waals surface area (Å²) in [5, 5.41) is 15.0. The number of rotatable bonds is 5. The first-order chi connectivity index (χ1) is 13.3. The lowest BCUT2D eigenvalue weighted by atomic mass is 9.87. The van der Waals surface area contributed by atoms with Crippen molar-refractivity contribution in [1.29, 1.82) is 0 Å². The third kappa shape index (κ3) is 5.13. The van der Waals surface area contributed by atoms with Crippen molar-refractivity contribution in [2.24, 2.45) is 0 Å². The molecule has 0 bridgehead atoms. The van der Waals surface area contributed by atoms with Crippen LogP contribution < -0.4 is 10.6 Å². The molecule has 0 spiro atoms. The number of aromatic nitrogens is 3. The van der Waals surface area contributed by atoms with E-state index in [0.29, 0.717) is 5.13 Å². The van der Waals surface area contributed by atoms with E-state index in [-0.39, 0.29) is 11.4 Å². The predicted molar refractivity (Wildman–Crippen MR) is 115 cm³/mol. The van der Waals surface area contributed by atoms with Crippen LogP contribution in [-0.2, 0) is 11.8 Å². The van der Waals surface area contributed by atoms with Gasteiger partial charge in [-0.2, -0.15) is 0 Å². The van der Waals surface area contributed by atoms with E-state index in [1.807, 2.05) is 36.4 Å². The number of carbonyl (C=O) groups is 1. The molecular formula is C21H25N5OS. The van der Waals surface area contributed by atoms with Gasteiger partial charge in [-0.3, -0.25) is 10.3 Å². The fourth-order valence-electron chi connectivity index (χ4n) is 2.71. The number of aryl methyl sites for hydroxylation is 1. The molecule has 146 valence electrons. The highest BCUT2D eigenvalue weighted by atomic mass is 32.1. The average molecular weight is 396 g/mol. The molecule has 3 aromatic rings. The Balaban J connectivity index is 1.63. The highest BCUT2D eigenvalue weighted by molar-refractivity contribution is 7.18. The SMILES string of the molecule is CCCc1cc(-c2nnc(NC(=O)Nc3ccc(C(C)(C)C)cc3)s2)ccn1. The molecule has 3 rings (SSSR count). The fourth-order valence-corrected chi connectivity index (χ4v) is 3.44. The van der Waals surface area contributed by atoms with Crippen LogP contribution in [0.3, 0.4) is 0 Å². The molecule has 0 aliphatic carbocycles. The minimum Gasteiger partial charge on any atom is -0.308 e. The van der Waals surface area contributed by atoms with Crippen molar-refractivity contribution in [3.05, 3.63) is 53.9 Å². The fraction of sp³-hybridized carbons (Fsp3) is 0.333. The topological polar surface area (TPSA) is 79.8 Å². The van der Waals surface area contributed by atoms with Crippen LogP contribution >= 0.6 is 11.3 Å². The quantitative estimate of drug-likeness (QED) is 0.598. The van der Waals surface area contributed by atoms with Gasteiger partial charge in [-0.05, 0) is 41.7 Å². The summed E-state index contributed by atoms with van der Waals surface area (Å²) >= 11 is 1.34. The highest BCUT2D eigenvalue weighted by Gasteiger charge is 2.14. The van der Waals surface area contributed by atoms with Gasteiger partial charge in [-0.25, -0.2) is 4.79 Å². The number of urea groups is 1. The molecular weight excluding hydrogens is 370 g/mol. The molecule has 0 atom stereocenters. The molecule has 6 nitrogen and oxygen atoms in total. The van der Waals surface area contributed by atoms with Crippen LogP contribution in [0.15, 0.2) is 42.6 Å². The van der Waals surface area contributed by atoms with Crippen LogP contribution in [0.5, 0.6) is 0 Å². The summed E-state index contributed by atoms with van der Waals surface area (Å²) in [5.41, 5.74) is 4.01. The summed E-state index contributed by atoms with van der Waals surface area (Å²) in [7, 11) is 0. The smallest absolute Gasteiger partial charge is 0.308 e. The second-order valence-electron chi connectivity index (χ2n) is 7.60. The predicted octanol–water partition coefficient (Wildman–Crippen LogP) is 5.49. The summed E-state index contributed by atoms with van der Waals surface area (Å²) in [5.74, 6) is 0. The van der Waals surface area contributed by atoms with E-state index in [1.54, 1.807) is 6.20 Å². The van der Waals surface area contributed by atoms with Gasteiger partial charge in [0.2, 0.25) is 5.13 Å². The van der Waals surface area contributed by atoms with Crippen molar-refractivity contribution in [3.8, 4) is 10.6 Å². The first-order valence-electron chi connectivity index (χ1n) is 9.32. The number of carbonyl (C=O) groups excluding carboxylic acids is 1. The Labute approximate surface area is 169 Å². The van der Waals surface area contributed by atoms with Gasteiger partial charge in [0.1, 0.15) is 5.01 Å². The van der Waals surface area contributed by atoms with Gasteiger partial charge in [0.25, 0.3) is 0 Å². The van der Waals surface area contributed by atoms with Crippen molar-refractivity contribution >= 4 is 28.2 Å². The first kappa shape index (κ1) is 19.9. The molecule has 0 aliphatic rings. The van der Waals surface area contributed by atoms with Crippen LogP contribution in [0.4, 0.5) is 15.6 Å². The highest BCUT2D eigenvalue weighted by Crippen LogP contribution is 2.27. The monoisotopic (exact) mass is 395 g/mol. The standard InChI is InChI=1S/C21H25N5OS/c1-5-6-17-13-14(11-12-22-17)18-25-26-20(28-18)24-19(27)23-16-9-7-15(8-10-16)21(2,3)4/h7-13H,5-6H2,1-4H3,(H2,23,24,26,27). The minimum atomic E-state index is -0.340. The normalized spacial score (nSPS) is 11.3. The second kappa shape index (κ2) is 8.48. The first-order valence-corrected chi connectivity index (χ1v) is 10.1. The summed E-state index contributed by atoms with van der Waals surface area (Å²) in [6.45, 7) is 8.59. The summed E-state index contributed by atoms with van der Waals surface area (Å²) in [4.78, 5) is 16.6. The average Bonchev–Trinajstić information content (AvgIpc) is 3.10. The molecule has 0 radical (unpaired) electrons. The van der Waals surface area contributed by atoms with Gasteiger partial charge < -0.3 is 5.32 Å². The molecule has 2 N–H and O–H groups in total. The number of benzene rings is 1. The van der Waals surface area contributed by atoms with E-state index in [4.69, 9.17) is 0 Å². The number of hydrogen-bond acceptors (Lipinski definition) is 5.